The monoisotopic (exact) mass is 419 g/mol. The van der Waals surface area contributed by atoms with E-state index in [2.05, 4.69) is 0 Å². The van der Waals surface area contributed by atoms with Gasteiger partial charge in [0.1, 0.15) is 11.5 Å². The first-order chi connectivity index (χ1) is 15.2. The Morgan fingerprint density at radius 2 is 1.42 bits per heavy atom. The van der Waals surface area contributed by atoms with Crippen molar-refractivity contribution in [3.05, 3.63) is 90.5 Å². The summed E-state index contributed by atoms with van der Waals surface area (Å²) in [5.41, 5.74) is 1.73. The van der Waals surface area contributed by atoms with E-state index in [1.165, 1.54) is 0 Å². The van der Waals surface area contributed by atoms with Crippen molar-refractivity contribution in [1.29, 1.82) is 0 Å². The summed E-state index contributed by atoms with van der Waals surface area (Å²) in [7, 11) is 1.59. The molecule has 0 unspecified atom stereocenters. The Balaban J connectivity index is 1.50. The van der Waals surface area contributed by atoms with E-state index in [4.69, 9.17) is 14.2 Å². The molecule has 0 saturated heterocycles. The van der Waals surface area contributed by atoms with Crippen LogP contribution in [0.2, 0.25) is 0 Å². The first-order valence-electron chi connectivity index (χ1n) is 9.97. The van der Waals surface area contributed by atoms with Crippen LogP contribution in [0.3, 0.4) is 0 Å². The van der Waals surface area contributed by atoms with Crippen LogP contribution in [0.25, 0.3) is 0 Å². The summed E-state index contributed by atoms with van der Waals surface area (Å²) >= 11 is 0. The highest BCUT2D eigenvalue weighted by atomic mass is 16.5. The van der Waals surface area contributed by atoms with Crippen molar-refractivity contribution < 1.29 is 23.8 Å². The van der Waals surface area contributed by atoms with E-state index in [0.717, 1.165) is 17.0 Å². The van der Waals surface area contributed by atoms with Gasteiger partial charge in [-0.25, -0.2) is 0 Å². The maximum atomic E-state index is 12.8. The van der Waals surface area contributed by atoms with E-state index < -0.39 is 5.97 Å². The van der Waals surface area contributed by atoms with E-state index in [1.54, 1.807) is 36.3 Å². The van der Waals surface area contributed by atoms with E-state index in [1.807, 2.05) is 60.7 Å². The largest absolute Gasteiger partial charge is 0.497 e. The van der Waals surface area contributed by atoms with Gasteiger partial charge in [-0.3, -0.25) is 9.59 Å². The number of amides is 1. The number of esters is 1. The molecule has 1 amide bonds. The van der Waals surface area contributed by atoms with E-state index in [-0.39, 0.29) is 25.5 Å². The number of hydrogen-bond acceptors (Lipinski definition) is 5. The number of hydrogen-bond donors (Lipinski definition) is 0. The van der Waals surface area contributed by atoms with Gasteiger partial charge in [0.25, 0.3) is 5.91 Å². The van der Waals surface area contributed by atoms with Gasteiger partial charge >= 0.3 is 5.97 Å². The first kappa shape index (κ1) is 21.9. The Labute approximate surface area is 182 Å². The fourth-order valence-electron chi connectivity index (χ4n) is 2.91. The van der Waals surface area contributed by atoms with Gasteiger partial charge in [-0.05, 0) is 42.0 Å². The molecule has 6 nitrogen and oxygen atoms in total. The molecule has 0 bridgehead atoms. The fraction of sp³-hybridized carbons (Fsp3) is 0.200. The third kappa shape index (κ3) is 6.89. The summed E-state index contributed by atoms with van der Waals surface area (Å²) in [6.45, 7) is 0.219. The van der Waals surface area contributed by atoms with Crippen LogP contribution >= 0.6 is 0 Å². The first-order valence-corrected chi connectivity index (χ1v) is 9.97. The quantitative estimate of drug-likeness (QED) is 0.460. The van der Waals surface area contributed by atoms with Gasteiger partial charge in [0.05, 0.1) is 26.7 Å². The van der Waals surface area contributed by atoms with Crippen LogP contribution in [0.4, 0.5) is 5.69 Å². The van der Waals surface area contributed by atoms with Crippen LogP contribution in [0.5, 0.6) is 11.5 Å². The lowest BCUT2D eigenvalue weighted by molar-refractivity contribution is -0.148. The second-order valence-corrected chi connectivity index (χ2v) is 6.74. The molecule has 31 heavy (non-hydrogen) atoms. The number of rotatable bonds is 10. The van der Waals surface area contributed by atoms with Crippen LogP contribution in [-0.2, 0) is 20.9 Å². The zero-order valence-electron chi connectivity index (χ0n) is 17.4. The second-order valence-electron chi connectivity index (χ2n) is 6.74. The van der Waals surface area contributed by atoms with Crippen LogP contribution in [0.1, 0.15) is 12.0 Å². The van der Waals surface area contributed by atoms with Gasteiger partial charge in [-0.1, -0.05) is 48.5 Å². The molecule has 0 aromatic heterocycles. The standard InChI is InChI=1S/C25H25NO5/c1-29-22-12-14-23(15-13-22)30-17-16-25(28)31-19-24(27)26(21-10-6-3-7-11-21)18-20-8-4-2-5-9-20/h2-15H,16-19H2,1H3. The van der Waals surface area contributed by atoms with Crippen LogP contribution in [-0.4, -0.2) is 32.2 Å². The van der Waals surface area contributed by atoms with E-state index in [9.17, 15) is 9.59 Å². The van der Waals surface area contributed by atoms with Gasteiger partial charge in [0.2, 0.25) is 0 Å². The Morgan fingerprint density at radius 3 is 2.06 bits per heavy atom. The van der Waals surface area contributed by atoms with Crippen LogP contribution in [0, 0.1) is 0 Å². The van der Waals surface area contributed by atoms with Crippen molar-refractivity contribution in [3.63, 3.8) is 0 Å². The smallest absolute Gasteiger partial charge is 0.309 e. The highest BCUT2D eigenvalue weighted by molar-refractivity contribution is 5.95. The van der Waals surface area contributed by atoms with Gasteiger partial charge < -0.3 is 19.1 Å². The molecule has 0 aliphatic heterocycles. The third-order valence-corrected chi connectivity index (χ3v) is 4.54. The molecule has 0 heterocycles. The second kappa shape index (κ2) is 11.4. The van der Waals surface area contributed by atoms with Crippen LogP contribution in [0.15, 0.2) is 84.9 Å². The lowest BCUT2D eigenvalue weighted by Gasteiger charge is -2.23. The molecule has 0 aliphatic rings. The summed E-state index contributed by atoms with van der Waals surface area (Å²) < 4.78 is 15.8. The number of carbonyl (C=O) groups is 2. The average molecular weight is 419 g/mol. The fourth-order valence-corrected chi connectivity index (χ4v) is 2.91. The van der Waals surface area contributed by atoms with Crippen molar-refractivity contribution in [2.24, 2.45) is 0 Å². The Morgan fingerprint density at radius 1 is 0.806 bits per heavy atom. The molecule has 0 saturated carbocycles. The van der Waals surface area contributed by atoms with E-state index >= 15 is 0 Å². The minimum absolute atomic E-state index is 0.0450. The molecule has 3 rings (SSSR count). The highest BCUT2D eigenvalue weighted by Gasteiger charge is 2.18. The molecule has 0 aliphatic carbocycles. The Kier molecular flexibility index (Phi) is 8.05. The minimum Gasteiger partial charge on any atom is -0.497 e. The molecule has 0 N–H and O–H groups in total. The normalized spacial score (nSPS) is 10.2. The molecule has 0 radical (unpaired) electrons. The zero-order valence-corrected chi connectivity index (χ0v) is 17.4. The van der Waals surface area contributed by atoms with Crippen molar-refractivity contribution in [1.82, 2.24) is 0 Å². The number of anilines is 1. The molecule has 3 aromatic rings. The summed E-state index contributed by atoms with van der Waals surface area (Å²) in [5.74, 6) is 0.570. The highest BCUT2D eigenvalue weighted by Crippen LogP contribution is 2.18. The lowest BCUT2D eigenvalue weighted by Crippen LogP contribution is -2.34. The molecule has 0 spiro atoms. The number of nitrogens with zero attached hydrogens (tertiary/aromatic N) is 1. The SMILES string of the molecule is COc1ccc(OCCC(=O)OCC(=O)N(Cc2ccccc2)c2ccccc2)cc1. The van der Waals surface area contributed by atoms with Crippen molar-refractivity contribution in [2.75, 3.05) is 25.2 Å². The van der Waals surface area contributed by atoms with Gasteiger partial charge in [0.15, 0.2) is 6.61 Å². The lowest BCUT2D eigenvalue weighted by atomic mass is 10.2. The number of para-hydroxylation sites is 1. The topological polar surface area (TPSA) is 65.1 Å². The van der Waals surface area contributed by atoms with Crippen molar-refractivity contribution in [2.45, 2.75) is 13.0 Å². The number of benzene rings is 3. The molecule has 160 valence electrons. The zero-order chi connectivity index (χ0) is 21.9. The van der Waals surface area contributed by atoms with Gasteiger partial charge in [-0.2, -0.15) is 0 Å². The molecular formula is C25H25NO5. The number of carbonyl (C=O) groups excluding carboxylic acids is 2. The maximum Gasteiger partial charge on any atom is 0.309 e. The van der Waals surface area contributed by atoms with Gasteiger partial charge in [0, 0.05) is 5.69 Å². The number of ether oxygens (including phenoxy) is 3. The third-order valence-electron chi connectivity index (χ3n) is 4.54. The predicted molar refractivity (Wildman–Crippen MR) is 118 cm³/mol. The van der Waals surface area contributed by atoms with E-state index in [0.29, 0.717) is 12.3 Å². The van der Waals surface area contributed by atoms with Crippen molar-refractivity contribution in [3.8, 4) is 11.5 Å². The summed E-state index contributed by atoms with van der Waals surface area (Å²) in [6.07, 6.45) is 0.0450. The van der Waals surface area contributed by atoms with Crippen LogP contribution < -0.4 is 14.4 Å². The molecule has 0 fully saturated rings. The Bertz CT molecular complexity index is 958. The average Bonchev–Trinajstić information content (AvgIpc) is 2.82. The molecule has 3 aromatic carbocycles. The molecular weight excluding hydrogens is 394 g/mol. The summed E-state index contributed by atoms with van der Waals surface area (Å²) in [6, 6.07) is 26.1. The molecule has 6 heteroatoms. The predicted octanol–water partition coefficient (Wildman–Crippen LogP) is 4.24. The summed E-state index contributed by atoms with van der Waals surface area (Å²) in [4.78, 5) is 26.5. The maximum absolute atomic E-state index is 12.8. The Hall–Kier alpha value is -3.80. The van der Waals surface area contributed by atoms with Gasteiger partial charge in [-0.15, -0.1) is 0 Å². The molecule has 0 atom stereocenters. The number of methoxy groups -OCH3 is 1. The minimum atomic E-state index is -0.491. The van der Waals surface area contributed by atoms with Crippen molar-refractivity contribution >= 4 is 17.6 Å². The summed E-state index contributed by atoms with van der Waals surface area (Å²) in [5, 5.41) is 0.